The zero-order valence-corrected chi connectivity index (χ0v) is 10.4. The Bertz CT molecular complexity index is 379. The molecule has 17 heavy (non-hydrogen) atoms. The highest BCUT2D eigenvalue weighted by Crippen LogP contribution is 2.18. The highest BCUT2D eigenvalue weighted by atomic mass is 16.4. The lowest BCUT2D eigenvalue weighted by atomic mass is 10.0. The number of aliphatic hydroxyl groups is 1. The van der Waals surface area contributed by atoms with E-state index >= 15 is 0 Å². The molecule has 0 aliphatic carbocycles. The lowest BCUT2D eigenvalue weighted by Crippen LogP contribution is -2.29. The standard InChI is InChI=1S/C13H19NO3/c1-9(12(15)16)10-4-6-11(7-5-10)14-8-13(2,3)17/h4-7,9,14,17H,8H2,1-3H3,(H,15,16). The Balaban J connectivity index is 2.65. The van der Waals surface area contributed by atoms with Gasteiger partial charge in [-0.25, -0.2) is 0 Å². The molecule has 4 heteroatoms. The van der Waals surface area contributed by atoms with E-state index < -0.39 is 17.5 Å². The summed E-state index contributed by atoms with van der Waals surface area (Å²) < 4.78 is 0. The summed E-state index contributed by atoms with van der Waals surface area (Å²) in [5.41, 5.74) is 0.868. The zero-order valence-electron chi connectivity index (χ0n) is 10.4. The third kappa shape index (κ3) is 4.44. The first-order valence-electron chi connectivity index (χ1n) is 5.58. The summed E-state index contributed by atoms with van der Waals surface area (Å²) in [7, 11) is 0. The molecule has 0 aromatic heterocycles. The normalized spacial score (nSPS) is 13.2. The average molecular weight is 237 g/mol. The Morgan fingerprint density at radius 3 is 2.29 bits per heavy atom. The predicted octanol–water partition coefficient (Wildman–Crippen LogP) is 2.06. The maximum absolute atomic E-state index is 10.8. The minimum absolute atomic E-state index is 0.445. The van der Waals surface area contributed by atoms with Crippen LogP contribution in [0.1, 0.15) is 32.3 Å². The number of nitrogens with one attached hydrogen (secondary N) is 1. The van der Waals surface area contributed by atoms with Crippen LogP contribution >= 0.6 is 0 Å². The number of carboxylic acid groups (broad SMARTS) is 1. The summed E-state index contributed by atoms with van der Waals surface area (Å²) in [6.45, 7) is 5.55. The van der Waals surface area contributed by atoms with Gasteiger partial charge in [0.05, 0.1) is 11.5 Å². The van der Waals surface area contributed by atoms with Gasteiger partial charge in [-0.15, -0.1) is 0 Å². The smallest absolute Gasteiger partial charge is 0.310 e. The van der Waals surface area contributed by atoms with Crippen LogP contribution in [0.5, 0.6) is 0 Å². The molecule has 1 unspecified atom stereocenters. The van der Waals surface area contributed by atoms with Gasteiger partial charge in [0, 0.05) is 12.2 Å². The van der Waals surface area contributed by atoms with Gasteiger partial charge in [0.1, 0.15) is 0 Å². The molecule has 0 radical (unpaired) electrons. The first kappa shape index (κ1) is 13.5. The van der Waals surface area contributed by atoms with E-state index in [9.17, 15) is 9.90 Å². The summed E-state index contributed by atoms with van der Waals surface area (Å²) in [5, 5.41) is 21.5. The Labute approximate surface area is 101 Å². The average Bonchev–Trinajstić information content (AvgIpc) is 2.25. The number of hydrogen-bond acceptors (Lipinski definition) is 3. The molecule has 1 atom stereocenters. The van der Waals surface area contributed by atoms with Gasteiger partial charge in [0.15, 0.2) is 0 Å². The maximum Gasteiger partial charge on any atom is 0.310 e. The van der Waals surface area contributed by atoms with Gasteiger partial charge in [-0.1, -0.05) is 12.1 Å². The molecule has 1 aromatic carbocycles. The van der Waals surface area contributed by atoms with E-state index in [0.29, 0.717) is 6.54 Å². The van der Waals surface area contributed by atoms with E-state index in [-0.39, 0.29) is 0 Å². The van der Waals surface area contributed by atoms with Crippen LogP contribution in [0.3, 0.4) is 0 Å². The fourth-order valence-corrected chi connectivity index (χ4v) is 1.35. The molecular weight excluding hydrogens is 218 g/mol. The summed E-state index contributed by atoms with van der Waals surface area (Å²) in [4.78, 5) is 10.8. The fraction of sp³-hybridized carbons (Fsp3) is 0.462. The van der Waals surface area contributed by atoms with E-state index in [4.69, 9.17) is 5.11 Å². The van der Waals surface area contributed by atoms with Crippen LogP contribution in [0, 0.1) is 0 Å². The third-order valence-electron chi connectivity index (χ3n) is 2.51. The van der Waals surface area contributed by atoms with Gasteiger partial charge in [0.25, 0.3) is 0 Å². The number of hydrogen-bond donors (Lipinski definition) is 3. The van der Waals surface area contributed by atoms with Crippen molar-refractivity contribution in [3.63, 3.8) is 0 Å². The minimum Gasteiger partial charge on any atom is -0.481 e. The van der Waals surface area contributed by atoms with Crippen molar-refractivity contribution in [2.24, 2.45) is 0 Å². The second-order valence-corrected chi connectivity index (χ2v) is 4.85. The van der Waals surface area contributed by atoms with E-state index in [1.807, 2.05) is 12.1 Å². The number of benzene rings is 1. The minimum atomic E-state index is -0.831. The van der Waals surface area contributed by atoms with E-state index in [0.717, 1.165) is 11.3 Å². The predicted molar refractivity (Wildman–Crippen MR) is 67.3 cm³/mol. The molecule has 0 spiro atoms. The molecule has 4 nitrogen and oxygen atoms in total. The van der Waals surface area contributed by atoms with Crippen molar-refractivity contribution >= 4 is 11.7 Å². The Morgan fingerprint density at radius 1 is 1.35 bits per heavy atom. The maximum atomic E-state index is 10.8. The molecule has 1 rings (SSSR count). The highest BCUT2D eigenvalue weighted by molar-refractivity contribution is 5.75. The van der Waals surface area contributed by atoms with Crippen LogP contribution in [-0.4, -0.2) is 28.3 Å². The molecule has 0 bridgehead atoms. The van der Waals surface area contributed by atoms with Crippen LogP contribution in [0.15, 0.2) is 24.3 Å². The van der Waals surface area contributed by atoms with Gasteiger partial charge in [0.2, 0.25) is 0 Å². The van der Waals surface area contributed by atoms with Crippen molar-refractivity contribution in [1.82, 2.24) is 0 Å². The van der Waals surface area contributed by atoms with Crippen molar-refractivity contribution < 1.29 is 15.0 Å². The van der Waals surface area contributed by atoms with Crippen molar-refractivity contribution in [1.29, 1.82) is 0 Å². The number of rotatable bonds is 5. The first-order valence-corrected chi connectivity index (χ1v) is 5.58. The van der Waals surface area contributed by atoms with E-state index in [2.05, 4.69) is 5.32 Å². The molecule has 1 aromatic rings. The Kier molecular flexibility index (Phi) is 4.12. The number of carboxylic acids is 1. The number of aliphatic carboxylic acids is 1. The summed E-state index contributed by atoms with van der Waals surface area (Å²) in [6.07, 6.45) is 0. The van der Waals surface area contributed by atoms with Crippen molar-refractivity contribution in [2.75, 3.05) is 11.9 Å². The van der Waals surface area contributed by atoms with Crippen molar-refractivity contribution in [3.8, 4) is 0 Å². The second kappa shape index (κ2) is 5.19. The van der Waals surface area contributed by atoms with Crippen LogP contribution < -0.4 is 5.32 Å². The van der Waals surface area contributed by atoms with Gasteiger partial charge in [-0.3, -0.25) is 4.79 Å². The number of anilines is 1. The van der Waals surface area contributed by atoms with E-state index in [1.54, 1.807) is 32.9 Å². The quantitative estimate of drug-likeness (QED) is 0.733. The van der Waals surface area contributed by atoms with Gasteiger partial charge in [-0.2, -0.15) is 0 Å². The lowest BCUT2D eigenvalue weighted by Gasteiger charge is -2.18. The van der Waals surface area contributed by atoms with Gasteiger partial charge in [-0.05, 0) is 38.5 Å². The Hall–Kier alpha value is -1.55. The second-order valence-electron chi connectivity index (χ2n) is 4.85. The van der Waals surface area contributed by atoms with Crippen LogP contribution in [-0.2, 0) is 4.79 Å². The molecule has 94 valence electrons. The molecule has 3 N–H and O–H groups in total. The Morgan fingerprint density at radius 2 is 1.88 bits per heavy atom. The SMILES string of the molecule is CC(C(=O)O)c1ccc(NCC(C)(C)O)cc1. The molecular formula is C13H19NO3. The third-order valence-corrected chi connectivity index (χ3v) is 2.51. The fourth-order valence-electron chi connectivity index (χ4n) is 1.35. The first-order chi connectivity index (χ1) is 7.79. The molecule has 0 amide bonds. The van der Waals surface area contributed by atoms with Gasteiger partial charge < -0.3 is 15.5 Å². The monoisotopic (exact) mass is 237 g/mol. The van der Waals surface area contributed by atoms with E-state index in [1.165, 1.54) is 0 Å². The molecule has 0 heterocycles. The van der Waals surface area contributed by atoms with Crippen molar-refractivity contribution in [2.45, 2.75) is 32.3 Å². The van der Waals surface area contributed by atoms with Crippen LogP contribution in [0.4, 0.5) is 5.69 Å². The molecule has 0 aliphatic rings. The molecule has 0 saturated carbocycles. The molecule has 0 saturated heterocycles. The largest absolute Gasteiger partial charge is 0.481 e. The molecule has 0 aliphatic heterocycles. The lowest BCUT2D eigenvalue weighted by molar-refractivity contribution is -0.138. The van der Waals surface area contributed by atoms with Crippen molar-refractivity contribution in [3.05, 3.63) is 29.8 Å². The summed E-state index contributed by atoms with van der Waals surface area (Å²) in [6, 6.07) is 7.21. The van der Waals surface area contributed by atoms with Crippen LogP contribution in [0.25, 0.3) is 0 Å². The zero-order chi connectivity index (χ0) is 13.1. The molecule has 0 fully saturated rings. The number of carbonyl (C=O) groups is 1. The summed E-state index contributed by atoms with van der Waals surface area (Å²) in [5.74, 6) is -1.33. The highest BCUT2D eigenvalue weighted by Gasteiger charge is 2.14. The van der Waals surface area contributed by atoms with Crippen LogP contribution in [0.2, 0.25) is 0 Å². The van der Waals surface area contributed by atoms with Gasteiger partial charge >= 0.3 is 5.97 Å². The summed E-state index contributed by atoms with van der Waals surface area (Å²) >= 11 is 0. The topological polar surface area (TPSA) is 69.6 Å².